The maximum Gasteiger partial charge on any atom is 0.255 e. The number of carbonyl (C=O) groups excluding carboxylic acids is 3. The number of aryl methyl sites for hydroxylation is 1. The van der Waals surface area contributed by atoms with Crippen molar-refractivity contribution in [2.24, 2.45) is 0 Å². The smallest absolute Gasteiger partial charge is 0.255 e. The summed E-state index contributed by atoms with van der Waals surface area (Å²) in [7, 11) is 1.53. The zero-order chi connectivity index (χ0) is 31.1. The van der Waals surface area contributed by atoms with E-state index in [9.17, 15) is 18.8 Å². The molecule has 5 rings (SSSR count). The average Bonchev–Trinajstić information content (AvgIpc) is 3.31. The molecule has 1 heterocycles. The number of hydrogen-bond donors (Lipinski definition) is 2. The van der Waals surface area contributed by atoms with E-state index in [-0.39, 0.29) is 30.1 Å². The van der Waals surface area contributed by atoms with E-state index >= 15 is 0 Å². The van der Waals surface area contributed by atoms with Crippen LogP contribution in [0, 0.1) is 12.7 Å². The molecule has 0 unspecified atom stereocenters. The van der Waals surface area contributed by atoms with Crippen molar-refractivity contribution in [3.8, 4) is 5.75 Å². The number of anilines is 2. The van der Waals surface area contributed by atoms with Crippen LogP contribution in [0.4, 0.5) is 15.8 Å². The average molecular weight is 595 g/mol. The fourth-order valence-corrected chi connectivity index (χ4v) is 5.16. The van der Waals surface area contributed by atoms with Crippen molar-refractivity contribution in [1.82, 2.24) is 10.2 Å². The van der Waals surface area contributed by atoms with Crippen LogP contribution in [0.5, 0.6) is 5.75 Å². The van der Waals surface area contributed by atoms with Crippen LogP contribution in [0.2, 0.25) is 0 Å². The predicted molar refractivity (Wildman–Crippen MR) is 169 cm³/mol. The molecule has 0 radical (unpaired) electrons. The Bertz CT molecular complexity index is 1640. The second-order valence-electron chi connectivity index (χ2n) is 10.7. The normalized spacial score (nSPS) is 13.2. The van der Waals surface area contributed by atoms with Crippen molar-refractivity contribution >= 4 is 29.1 Å². The number of nitrogens with zero attached hydrogens (tertiary/aromatic N) is 2. The summed E-state index contributed by atoms with van der Waals surface area (Å²) in [6.07, 6.45) is 0.725. The van der Waals surface area contributed by atoms with Crippen LogP contribution in [0.3, 0.4) is 0 Å². The van der Waals surface area contributed by atoms with Crippen molar-refractivity contribution in [3.05, 3.63) is 125 Å². The molecule has 226 valence electrons. The van der Waals surface area contributed by atoms with Gasteiger partial charge in [-0.1, -0.05) is 35.9 Å². The molecule has 8 nitrogen and oxygen atoms in total. The molecule has 9 heteroatoms. The van der Waals surface area contributed by atoms with Gasteiger partial charge in [0.15, 0.2) is 0 Å². The van der Waals surface area contributed by atoms with Gasteiger partial charge in [0.1, 0.15) is 11.6 Å². The van der Waals surface area contributed by atoms with Gasteiger partial charge >= 0.3 is 0 Å². The molecule has 4 aromatic rings. The van der Waals surface area contributed by atoms with E-state index in [0.717, 1.165) is 17.5 Å². The van der Waals surface area contributed by atoms with Crippen LogP contribution < -0.4 is 20.3 Å². The van der Waals surface area contributed by atoms with Crippen LogP contribution in [0.25, 0.3) is 0 Å². The van der Waals surface area contributed by atoms with Crippen molar-refractivity contribution in [1.29, 1.82) is 0 Å². The van der Waals surface area contributed by atoms with Gasteiger partial charge < -0.3 is 25.2 Å². The van der Waals surface area contributed by atoms with E-state index in [2.05, 4.69) is 15.5 Å². The maximum absolute atomic E-state index is 13.6. The first kappa shape index (κ1) is 30.3. The Hall–Kier alpha value is -5.18. The molecule has 0 spiro atoms. The fourth-order valence-electron chi connectivity index (χ4n) is 5.16. The Morgan fingerprint density at radius 2 is 1.59 bits per heavy atom. The molecule has 4 aromatic carbocycles. The monoisotopic (exact) mass is 594 g/mol. The second-order valence-corrected chi connectivity index (χ2v) is 10.7. The van der Waals surface area contributed by atoms with Crippen LogP contribution in [0.1, 0.15) is 48.6 Å². The highest BCUT2D eigenvalue weighted by atomic mass is 19.1. The van der Waals surface area contributed by atoms with E-state index < -0.39 is 0 Å². The van der Waals surface area contributed by atoms with Crippen LogP contribution in [0.15, 0.2) is 91.0 Å². The third kappa shape index (κ3) is 7.42. The van der Waals surface area contributed by atoms with E-state index in [4.69, 9.17) is 4.74 Å². The minimum Gasteiger partial charge on any atom is -0.497 e. The lowest BCUT2D eigenvalue weighted by Crippen LogP contribution is -2.36. The summed E-state index contributed by atoms with van der Waals surface area (Å²) in [6.45, 7) is 4.47. The highest BCUT2D eigenvalue weighted by Crippen LogP contribution is 2.27. The van der Waals surface area contributed by atoms with Crippen LogP contribution in [-0.4, -0.2) is 55.9 Å². The van der Waals surface area contributed by atoms with Gasteiger partial charge in [-0.2, -0.15) is 0 Å². The lowest BCUT2D eigenvalue weighted by molar-refractivity contribution is 0.0766. The summed E-state index contributed by atoms with van der Waals surface area (Å²) in [5.74, 6) is -0.476. The van der Waals surface area contributed by atoms with Crippen molar-refractivity contribution in [3.63, 3.8) is 0 Å². The number of hydrogen-bond acceptors (Lipinski definition) is 5. The summed E-state index contributed by atoms with van der Waals surface area (Å²) in [4.78, 5) is 43.8. The number of amides is 3. The van der Waals surface area contributed by atoms with E-state index in [0.29, 0.717) is 60.0 Å². The van der Waals surface area contributed by atoms with Gasteiger partial charge in [-0.05, 0) is 79.6 Å². The maximum atomic E-state index is 13.6. The molecule has 0 saturated carbocycles. The molecular weight excluding hydrogens is 559 g/mol. The number of carbonyl (C=O) groups is 3. The van der Waals surface area contributed by atoms with Crippen molar-refractivity contribution in [2.75, 3.05) is 43.5 Å². The molecule has 3 amide bonds. The molecule has 0 atom stereocenters. The summed E-state index contributed by atoms with van der Waals surface area (Å²) in [5.41, 5.74) is 4.46. The number of methoxy groups -OCH3 is 1. The number of benzene rings is 4. The van der Waals surface area contributed by atoms with E-state index in [1.807, 2.05) is 42.2 Å². The Morgan fingerprint density at radius 3 is 2.34 bits per heavy atom. The third-order valence-electron chi connectivity index (χ3n) is 7.62. The topological polar surface area (TPSA) is 91.0 Å². The molecule has 1 aliphatic rings. The van der Waals surface area contributed by atoms with Gasteiger partial charge in [0.25, 0.3) is 17.7 Å². The van der Waals surface area contributed by atoms with Gasteiger partial charge in [-0.3, -0.25) is 14.4 Å². The molecule has 44 heavy (non-hydrogen) atoms. The molecule has 1 fully saturated rings. The first-order chi connectivity index (χ1) is 21.3. The molecule has 0 bridgehead atoms. The number of ether oxygens (including phenoxy) is 1. The molecule has 1 aliphatic heterocycles. The second kappa shape index (κ2) is 13.9. The van der Waals surface area contributed by atoms with Gasteiger partial charge in [-0.15, -0.1) is 0 Å². The molecule has 0 aromatic heterocycles. The lowest BCUT2D eigenvalue weighted by atomic mass is 10.1. The van der Waals surface area contributed by atoms with E-state index in [1.54, 1.807) is 48.5 Å². The molecule has 2 N–H and O–H groups in total. The van der Waals surface area contributed by atoms with Gasteiger partial charge in [0.2, 0.25) is 0 Å². The Kier molecular flexibility index (Phi) is 9.54. The number of halogens is 1. The molecule has 0 aliphatic carbocycles. The Balaban J connectivity index is 1.37. The van der Waals surface area contributed by atoms with Gasteiger partial charge in [0, 0.05) is 55.2 Å². The van der Waals surface area contributed by atoms with Gasteiger partial charge in [-0.25, -0.2) is 4.39 Å². The SMILES string of the molecule is COc1cccc(C(=O)Nc2ccc(N3CCCN(C(=O)c4ccc(C)cc4)CC3)c(C(=O)NCc3ccc(F)cc3)c2)c1. The number of nitrogens with one attached hydrogen (secondary N) is 2. The quantitative estimate of drug-likeness (QED) is 0.274. The Labute approximate surface area is 256 Å². The summed E-state index contributed by atoms with van der Waals surface area (Å²) < 4.78 is 18.6. The molecular formula is C35H35FN4O4. The van der Waals surface area contributed by atoms with Crippen molar-refractivity contribution < 1.29 is 23.5 Å². The van der Waals surface area contributed by atoms with Crippen LogP contribution >= 0.6 is 0 Å². The van der Waals surface area contributed by atoms with E-state index in [1.165, 1.54) is 19.2 Å². The first-order valence-corrected chi connectivity index (χ1v) is 14.5. The first-order valence-electron chi connectivity index (χ1n) is 14.5. The zero-order valence-electron chi connectivity index (χ0n) is 24.8. The zero-order valence-corrected chi connectivity index (χ0v) is 24.8. The van der Waals surface area contributed by atoms with Gasteiger partial charge in [0.05, 0.1) is 12.7 Å². The predicted octanol–water partition coefficient (Wildman–Crippen LogP) is 5.68. The van der Waals surface area contributed by atoms with Crippen LogP contribution in [-0.2, 0) is 6.54 Å². The minimum absolute atomic E-state index is 0.0142. The lowest BCUT2D eigenvalue weighted by Gasteiger charge is -2.26. The minimum atomic E-state index is -0.349. The standard InChI is InChI=1S/C35H35FN4O4/c1-24-7-11-26(12-8-24)35(43)40-18-4-17-39(19-20-40)32-16-15-29(38-33(41)27-5-3-6-30(21-27)44-2)22-31(32)34(42)37-23-25-9-13-28(36)14-10-25/h3,5-16,21-22H,4,17-20,23H2,1-2H3,(H,37,42)(H,38,41). The highest BCUT2D eigenvalue weighted by molar-refractivity contribution is 6.06. The largest absolute Gasteiger partial charge is 0.497 e. The number of rotatable bonds is 8. The summed E-state index contributed by atoms with van der Waals surface area (Å²) >= 11 is 0. The highest BCUT2D eigenvalue weighted by Gasteiger charge is 2.24. The summed E-state index contributed by atoms with van der Waals surface area (Å²) in [5, 5.41) is 5.81. The Morgan fingerprint density at radius 1 is 0.818 bits per heavy atom. The summed E-state index contributed by atoms with van der Waals surface area (Å²) in [6, 6.07) is 25.6. The fraction of sp³-hybridized carbons (Fsp3) is 0.229. The molecule has 1 saturated heterocycles. The van der Waals surface area contributed by atoms with Crippen molar-refractivity contribution in [2.45, 2.75) is 19.9 Å². The third-order valence-corrected chi connectivity index (χ3v) is 7.62.